The Morgan fingerprint density at radius 2 is 2.05 bits per heavy atom. The molecule has 2 unspecified atom stereocenters. The molecule has 0 radical (unpaired) electrons. The molecule has 0 saturated carbocycles. The van der Waals surface area contributed by atoms with Gasteiger partial charge in [0.05, 0.1) is 6.10 Å². The SMILES string of the molecule is CC(C)(C)NCC1CCCN(CCCC2CCCO2)C1. The Bertz CT molecular complexity index is 269. The van der Waals surface area contributed by atoms with E-state index in [1.54, 1.807) is 0 Å². The van der Waals surface area contributed by atoms with E-state index in [1.165, 1.54) is 64.7 Å². The van der Waals surface area contributed by atoms with E-state index in [2.05, 4.69) is 31.0 Å². The van der Waals surface area contributed by atoms with Crippen molar-refractivity contribution in [1.82, 2.24) is 10.2 Å². The molecule has 0 aromatic heterocycles. The Labute approximate surface area is 125 Å². The van der Waals surface area contributed by atoms with Crippen LogP contribution in [0.5, 0.6) is 0 Å². The third kappa shape index (κ3) is 6.11. The highest BCUT2D eigenvalue weighted by atomic mass is 16.5. The molecule has 0 spiro atoms. The topological polar surface area (TPSA) is 24.5 Å². The number of likely N-dealkylation sites (tertiary alicyclic amines) is 1. The Kier molecular flexibility index (Phi) is 6.31. The number of piperidine rings is 1. The van der Waals surface area contributed by atoms with Crippen molar-refractivity contribution < 1.29 is 4.74 Å². The lowest BCUT2D eigenvalue weighted by Crippen LogP contribution is -2.44. The van der Waals surface area contributed by atoms with Gasteiger partial charge in [-0.25, -0.2) is 0 Å². The second-order valence-corrected chi connectivity index (χ2v) is 7.72. The second kappa shape index (κ2) is 7.77. The molecule has 2 heterocycles. The Balaban J connectivity index is 1.60. The minimum absolute atomic E-state index is 0.252. The number of nitrogens with zero attached hydrogens (tertiary/aromatic N) is 1. The van der Waals surface area contributed by atoms with Gasteiger partial charge in [0, 0.05) is 18.7 Å². The molecule has 20 heavy (non-hydrogen) atoms. The molecular weight excluding hydrogens is 248 g/mol. The van der Waals surface area contributed by atoms with Crippen molar-refractivity contribution >= 4 is 0 Å². The van der Waals surface area contributed by atoms with Gasteiger partial charge in [0.2, 0.25) is 0 Å². The lowest BCUT2D eigenvalue weighted by atomic mass is 9.96. The van der Waals surface area contributed by atoms with Crippen LogP contribution < -0.4 is 5.32 Å². The summed E-state index contributed by atoms with van der Waals surface area (Å²) in [6, 6.07) is 0. The van der Waals surface area contributed by atoms with Crippen LogP contribution in [0.2, 0.25) is 0 Å². The standard InChI is InChI=1S/C17H34N2O/c1-17(2,3)18-13-15-7-4-10-19(14-15)11-5-8-16-9-6-12-20-16/h15-16,18H,4-14H2,1-3H3. The summed E-state index contributed by atoms with van der Waals surface area (Å²) in [5.74, 6) is 0.839. The molecule has 2 aliphatic heterocycles. The van der Waals surface area contributed by atoms with Crippen molar-refractivity contribution in [3.63, 3.8) is 0 Å². The molecule has 0 aliphatic carbocycles. The van der Waals surface area contributed by atoms with E-state index >= 15 is 0 Å². The molecule has 2 saturated heterocycles. The van der Waals surface area contributed by atoms with E-state index in [0.29, 0.717) is 6.10 Å². The van der Waals surface area contributed by atoms with Crippen molar-refractivity contribution in [2.45, 2.75) is 70.9 Å². The maximum atomic E-state index is 5.71. The zero-order valence-electron chi connectivity index (χ0n) is 13.8. The molecule has 2 aliphatic rings. The normalized spacial score (nSPS) is 28.9. The van der Waals surface area contributed by atoms with Crippen molar-refractivity contribution in [2.75, 3.05) is 32.8 Å². The van der Waals surface area contributed by atoms with Gasteiger partial charge in [-0.3, -0.25) is 0 Å². The molecule has 0 amide bonds. The third-order valence-electron chi connectivity index (χ3n) is 4.55. The summed E-state index contributed by atoms with van der Waals surface area (Å²) >= 11 is 0. The van der Waals surface area contributed by atoms with Crippen LogP contribution in [0, 0.1) is 5.92 Å². The first-order valence-electron chi connectivity index (χ1n) is 8.62. The van der Waals surface area contributed by atoms with Gasteiger partial charge >= 0.3 is 0 Å². The van der Waals surface area contributed by atoms with Gasteiger partial charge < -0.3 is 15.0 Å². The molecule has 3 heteroatoms. The lowest BCUT2D eigenvalue weighted by Gasteiger charge is -2.34. The van der Waals surface area contributed by atoms with E-state index in [4.69, 9.17) is 4.74 Å². The first-order chi connectivity index (χ1) is 9.53. The van der Waals surface area contributed by atoms with Crippen molar-refractivity contribution in [3.8, 4) is 0 Å². The monoisotopic (exact) mass is 282 g/mol. The Hall–Kier alpha value is -0.120. The van der Waals surface area contributed by atoms with Crippen LogP contribution >= 0.6 is 0 Å². The molecular formula is C17H34N2O. The van der Waals surface area contributed by atoms with Gasteiger partial charge in [-0.05, 0) is 84.8 Å². The summed E-state index contributed by atoms with van der Waals surface area (Å²) in [5, 5.41) is 3.67. The average Bonchev–Trinajstić information content (AvgIpc) is 2.89. The minimum Gasteiger partial charge on any atom is -0.378 e. The van der Waals surface area contributed by atoms with Crippen LogP contribution in [0.15, 0.2) is 0 Å². The van der Waals surface area contributed by atoms with Crippen LogP contribution in [0.3, 0.4) is 0 Å². The summed E-state index contributed by atoms with van der Waals surface area (Å²) < 4.78 is 5.71. The molecule has 0 aromatic rings. The second-order valence-electron chi connectivity index (χ2n) is 7.72. The highest BCUT2D eigenvalue weighted by Gasteiger charge is 2.22. The number of ether oxygens (including phenoxy) is 1. The molecule has 2 rings (SSSR count). The molecule has 0 aromatic carbocycles. The predicted molar refractivity (Wildman–Crippen MR) is 85.1 cm³/mol. The number of nitrogens with one attached hydrogen (secondary N) is 1. The van der Waals surface area contributed by atoms with Crippen LogP contribution in [-0.4, -0.2) is 49.3 Å². The first-order valence-corrected chi connectivity index (χ1v) is 8.62. The smallest absolute Gasteiger partial charge is 0.0576 e. The summed E-state index contributed by atoms with van der Waals surface area (Å²) in [7, 11) is 0. The van der Waals surface area contributed by atoms with E-state index in [1.807, 2.05) is 0 Å². The Morgan fingerprint density at radius 1 is 1.20 bits per heavy atom. The fourth-order valence-corrected chi connectivity index (χ4v) is 3.39. The van der Waals surface area contributed by atoms with Gasteiger partial charge in [-0.2, -0.15) is 0 Å². The van der Waals surface area contributed by atoms with E-state index in [0.717, 1.165) is 12.5 Å². The van der Waals surface area contributed by atoms with E-state index in [-0.39, 0.29) is 5.54 Å². The van der Waals surface area contributed by atoms with Gasteiger partial charge in [-0.1, -0.05) is 0 Å². The maximum absolute atomic E-state index is 5.71. The van der Waals surface area contributed by atoms with Gasteiger partial charge in [0.25, 0.3) is 0 Å². The third-order valence-corrected chi connectivity index (χ3v) is 4.55. The lowest BCUT2D eigenvalue weighted by molar-refractivity contribution is 0.0948. The maximum Gasteiger partial charge on any atom is 0.0576 e. The van der Waals surface area contributed by atoms with E-state index < -0.39 is 0 Å². The first kappa shape index (κ1) is 16.3. The molecule has 0 bridgehead atoms. The number of hydrogen-bond acceptors (Lipinski definition) is 3. The minimum atomic E-state index is 0.252. The van der Waals surface area contributed by atoms with Crippen LogP contribution in [0.1, 0.15) is 59.3 Å². The van der Waals surface area contributed by atoms with Crippen LogP contribution in [0.25, 0.3) is 0 Å². The highest BCUT2D eigenvalue weighted by molar-refractivity contribution is 4.79. The zero-order chi connectivity index (χ0) is 14.4. The van der Waals surface area contributed by atoms with E-state index in [9.17, 15) is 0 Å². The van der Waals surface area contributed by atoms with Crippen LogP contribution in [-0.2, 0) is 4.74 Å². The molecule has 2 fully saturated rings. The quantitative estimate of drug-likeness (QED) is 0.810. The van der Waals surface area contributed by atoms with Crippen molar-refractivity contribution in [1.29, 1.82) is 0 Å². The zero-order valence-corrected chi connectivity index (χ0v) is 13.8. The fraction of sp³-hybridized carbons (Fsp3) is 1.00. The molecule has 118 valence electrons. The van der Waals surface area contributed by atoms with Crippen molar-refractivity contribution in [2.24, 2.45) is 5.92 Å². The predicted octanol–water partition coefficient (Wildman–Crippen LogP) is 3.05. The highest BCUT2D eigenvalue weighted by Crippen LogP contribution is 2.20. The van der Waals surface area contributed by atoms with Crippen molar-refractivity contribution in [3.05, 3.63) is 0 Å². The molecule has 1 N–H and O–H groups in total. The van der Waals surface area contributed by atoms with Gasteiger partial charge in [-0.15, -0.1) is 0 Å². The average molecular weight is 282 g/mol. The largest absolute Gasteiger partial charge is 0.378 e. The summed E-state index contributed by atoms with van der Waals surface area (Å²) in [6.07, 6.45) is 8.47. The number of rotatable bonds is 6. The van der Waals surface area contributed by atoms with Gasteiger partial charge in [0.1, 0.15) is 0 Å². The summed E-state index contributed by atoms with van der Waals surface area (Å²) in [4.78, 5) is 2.67. The Morgan fingerprint density at radius 3 is 2.75 bits per heavy atom. The van der Waals surface area contributed by atoms with Gasteiger partial charge in [0.15, 0.2) is 0 Å². The summed E-state index contributed by atoms with van der Waals surface area (Å²) in [5.41, 5.74) is 0.252. The number of hydrogen-bond donors (Lipinski definition) is 1. The molecule has 2 atom stereocenters. The summed E-state index contributed by atoms with van der Waals surface area (Å²) in [6.45, 7) is 12.8. The van der Waals surface area contributed by atoms with Crippen LogP contribution in [0.4, 0.5) is 0 Å². The molecule has 3 nitrogen and oxygen atoms in total. The fourth-order valence-electron chi connectivity index (χ4n) is 3.39.